The Morgan fingerprint density at radius 1 is 1.05 bits per heavy atom. The summed E-state index contributed by atoms with van der Waals surface area (Å²) in [5, 5.41) is 2.12. The van der Waals surface area contributed by atoms with Crippen LogP contribution in [0.4, 0.5) is 0 Å². The van der Waals surface area contributed by atoms with E-state index in [1.54, 1.807) is 14.2 Å². The molecule has 1 atom stereocenters. The zero-order valence-electron chi connectivity index (χ0n) is 21.9. The molecule has 1 fully saturated rings. The van der Waals surface area contributed by atoms with Gasteiger partial charge in [0.25, 0.3) is 0 Å². The number of amides is 1. The standard InChI is InChI=1S/C30H31N5O3/c1-19-14-21-11-12-22(37-2)16-27(21)35(19)18-28(36)34-13-7-6-10-26(34)29-31-17-25(32-29)23-15-20-8-4-5-9-24(20)33-30(23)38-3/h4-5,8-9,11-12,14-17,26H,6-7,10,13,18H2,1-3H3,(H,31,32). The molecule has 0 radical (unpaired) electrons. The highest BCUT2D eigenvalue weighted by atomic mass is 16.5. The number of nitrogens with zero attached hydrogens (tertiary/aromatic N) is 4. The number of methoxy groups -OCH3 is 2. The fourth-order valence-corrected chi connectivity index (χ4v) is 5.54. The molecule has 1 unspecified atom stereocenters. The van der Waals surface area contributed by atoms with Crippen molar-refractivity contribution in [3.05, 3.63) is 72.3 Å². The number of carbonyl (C=O) groups excluding carboxylic acids is 1. The van der Waals surface area contributed by atoms with E-state index in [2.05, 4.69) is 26.7 Å². The molecule has 38 heavy (non-hydrogen) atoms. The molecule has 6 rings (SSSR count). The number of H-pyrrole nitrogens is 1. The maximum Gasteiger partial charge on any atom is 0.243 e. The van der Waals surface area contributed by atoms with Crippen LogP contribution in [-0.4, -0.2) is 51.1 Å². The molecule has 1 saturated heterocycles. The summed E-state index contributed by atoms with van der Waals surface area (Å²) in [7, 11) is 3.29. The number of imidazole rings is 1. The normalized spacial score (nSPS) is 15.8. The van der Waals surface area contributed by atoms with Crippen LogP contribution in [0.25, 0.3) is 33.1 Å². The molecule has 8 heteroatoms. The van der Waals surface area contributed by atoms with Gasteiger partial charge in [-0.25, -0.2) is 9.97 Å². The van der Waals surface area contributed by atoms with Crippen molar-refractivity contribution in [2.75, 3.05) is 20.8 Å². The molecule has 1 aliphatic rings. The van der Waals surface area contributed by atoms with E-state index in [9.17, 15) is 4.79 Å². The second-order valence-corrected chi connectivity index (χ2v) is 9.82. The van der Waals surface area contributed by atoms with Gasteiger partial charge in [-0.15, -0.1) is 0 Å². The number of aromatic amines is 1. The number of benzene rings is 2. The van der Waals surface area contributed by atoms with Crippen LogP contribution in [0.1, 0.15) is 36.8 Å². The van der Waals surface area contributed by atoms with Gasteiger partial charge in [-0.3, -0.25) is 4.79 Å². The van der Waals surface area contributed by atoms with Gasteiger partial charge in [-0.05, 0) is 56.5 Å². The largest absolute Gasteiger partial charge is 0.497 e. The molecular formula is C30H31N5O3. The Kier molecular flexibility index (Phi) is 6.23. The number of rotatable bonds is 6. The average Bonchev–Trinajstić information content (AvgIpc) is 3.56. The number of likely N-dealkylation sites (tertiary alicyclic amines) is 1. The van der Waals surface area contributed by atoms with E-state index in [0.717, 1.165) is 69.6 Å². The average molecular weight is 510 g/mol. The van der Waals surface area contributed by atoms with Crippen LogP contribution in [0.3, 0.4) is 0 Å². The van der Waals surface area contributed by atoms with Crippen LogP contribution in [0.5, 0.6) is 11.6 Å². The van der Waals surface area contributed by atoms with Crippen molar-refractivity contribution in [2.45, 2.75) is 38.8 Å². The van der Waals surface area contributed by atoms with Gasteiger partial charge >= 0.3 is 0 Å². The van der Waals surface area contributed by atoms with Crippen LogP contribution in [-0.2, 0) is 11.3 Å². The summed E-state index contributed by atoms with van der Waals surface area (Å²) in [5.74, 6) is 2.20. The molecule has 1 N–H and O–H groups in total. The summed E-state index contributed by atoms with van der Waals surface area (Å²) in [6.07, 6.45) is 4.72. The van der Waals surface area contributed by atoms with Gasteiger partial charge in [0.05, 0.1) is 48.7 Å². The number of hydrogen-bond acceptors (Lipinski definition) is 5. The molecule has 1 aliphatic heterocycles. The Morgan fingerprint density at radius 2 is 1.92 bits per heavy atom. The topological polar surface area (TPSA) is 85.3 Å². The summed E-state index contributed by atoms with van der Waals surface area (Å²) in [6.45, 7) is 3.02. The van der Waals surface area contributed by atoms with E-state index in [0.29, 0.717) is 12.4 Å². The van der Waals surface area contributed by atoms with E-state index in [4.69, 9.17) is 14.5 Å². The lowest BCUT2D eigenvalue weighted by Crippen LogP contribution is -2.40. The second-order valence-electron chi connectivity index (χ2n) is 9.82. The number of hydrogen-bond donors (Lipinski definition) is 1. The van der Waals surface area contributed by atoms with Crippen molar-refractivity contribution in [3.63, 3.8) is 0 Å². The zero-order valence-corrected chi connectivity index (χ0v) is 21.9. The number of nitrogens with one attached hydrogen (secondary N) is 1. The molecule has 5 aromatic rings. The van der Waals surface area contributed by atoms with Crippen LogP contribution in [0.2, 0.25) is 0 Å². The van der Waals surface area contributed by atoms with Crippen molar-refractivity contribution >= 4 is 27.7 Å². The number of aryl methyl sites for hydroxylation is 1. The van der Waals surface area contributed by atoms with Gasteiger partial charge in [0.2, 0.25) is 11.8 Å². The monoisotopic (exact) mass is 509 g/mol. The molecule has 8 nitrogen and oxygen atoms in total. The first-order chi connectivity index (χ1) is 18.6. The van der Waals surface area contributed by atoms with Crippen LogP contribution < -0.4 is 9.47 Å². The summed E-state index contributed by atoms with van der Waals surface area (Å²) in [5.41, 5.74) is 4.60. The molecule has 1 amide bonds. The lowest BCUT2D eigenvalue weighted by atomic mass is 10.0. The smallest absolute Gasteiger partial charge is 0.243 e. The fourth-order valence-electron chi connectivity index (χ4n) is 5.54. The van der Waals surface area contributed by atoms with Gasteiger partial charge in [0.1, 0.15) is 18.1 Å². The number of ether oxygens (including phenoxy) is 2. The first-order valence-electron chi connectivity index (χ1n) is 13.0. The van der Waals surface area contributed by atoms with Crippen LogP contribution in [0, 0.1) is 6.92 Å². The number of pyridine rings is 1. The molecule has 2 aromatic carbocycles. The highest BCUT2D eigenvalue weighted by molar-refractivity contribution is 5.86. The van der Waals surface area contributed by atoms with Gasteiger partial charge < -0.3 is 23.9 Å². The molecular weight excluding hydrogens is 478 g/mol. The minimum atomic E-state index is -0.110. The van der Waals surface area contributed by atoms with Crippen molar-refractivity contribution in [1.82, 2.24) is 24.4 Å². The minimum absolute atomic E-state index is 0.0843. The van der Waals surface area contributed by atoms with E-state index >= 15 is 0 Å². The summed E-state index contributed by atoms with van der Waals surface area (Å²) >= 11 is 0. The third-order valence-electron chi connectivity index (χ3n) is 7.52. The Hall–Kier alpha value is -4.33. The van der Waals surface area contributed by atoms with Gasteiger partial charge in [-0.2, -0.15) is 0 Å². The molecule has 194 valence electrons. The highest BCUT2D eigenvalue weighted by Crippen LogP contribution is 2.35. The van der Waals surface area contributed by atoms with Crippen molar-refractivity contribution in [1.29, 1.82) is 0 Å². The molecule has 0 spiro atoms. The third kappa shape index (κ3) is 4.26. The molecule has 4 heterocycles. The van der Waals surface area contributed by atoms with Gasteiger partial charge in [-0.1, -0.05) is 18.2 Å². The Balaban J connectivity index is 1.30. The van der Waals surface area contributed by atoms with E-state index in [1.807, 2.05) is 60.5 Å². The maximum absolute atomic E-state index is 13.7. The van der Waals surface area contributed by atoms with Crippen molar-refractivity contribution in [2.24, 2.45) is 0 Å². The predicted octanol–water partition coefficient (Wildman–Crippen LogP) is 5.66. The number of fused-ring (bicyclic) bond motifs is 2. The predicted molar refractivity (Wildman–Crippen MR) is 147 cm³/mol. The number of aromatic nitrogens is 4. The number of piperidine rings is 1. The first kappa shape index (κ1) is 24.0. The Morgan fingerprint density at radius 3 is 2.76 bits per heavy atom. The maximum atomic E-state index is 13.7. The van der Waals surface area contributed by atoms with E-state index in [1.165, 1.54) is 0 Å². The lowest BCUT2D eigenvalue weighted by molar-refractivity contribution is -0.135. The van der Waals surface area contributed by atoms with Gasteiger partial charge in [0, 0.05) is 29.1 Å². The van der Waals surface area contributed by atoms with Crippen LogP contribution >= 0.6 is 0 Å². The van der Waals surface area contributed by atoms with Crippen molar-refractivity contribution < 1.29 is 14.3 Å². The molecule has 0 aliphatic carbocycles. The quantitative estimate of drug-likeness (QED) is 0.319. The lowest BCUT2D eigenvalue weighted by Gasteiger charge is -2.35. The van der Waals surface area contributed by atoms with Crippen LogP contribution in [0.15, 0.2) is 60.8 Å². The fraction of sp³-hybridized carbons (Fsp3) is 0.300. The summed E-state index contributed by atoms with van der Waals surface area (Å²) in [6, 6.07) is 18.0. The summed E-state index contributed by atoms with van der Waals surface area (Å²) in [4.78, 5) is 28.6. The highest BCUT2D eigenvalue weighted by Gasteiger charge is 2.31. The Labute approximate surface area is 221 Å². The van der Waals surface area contributed by atoms with E-state index in [-0.39, 0.29) is 18.5 Å². The molecule has 0 bridgehead atoms. The number of carbonyl (C=O) groups is 1. The SMILES string of the molecule is COc1ccc2cc(C)n(CC(=O)N3CCCCC3c3ncc(-c4cc5ccccc5nc4OC)[nH]3)c2c1. The molecule has 3 aromatic heterocycles. The van der Waals surface area contributed by atoms with Crippen molar-refractivity contribution in [3.8, 4) is 22.9 Å². The second kappa shape index (κ2) is 9.85. The first-order valence-corrected chi connectivity index (χ1v) is 13.0. The van der Waals surface area contributed by atoms with Gasteiger partial charge in [0.15, 0.2) is 0 Å². The summed E-state index contributed by atoms with van der Waals surface area (Å²) < 4.78 is 13.1. The third-order valence-corrected chi connectivity index (χ3v) is 7.52. The van der Waals surface area contributed by atoms with E-state index < -0.39 is 0 Å². The number of para-hydroxylation sites is 1. The zero-order chi connectivity index (χ0) is 26.2. The minimum Gasteiger partial charge on any atom is -0.497 e. The molecule has 0 saturated carbocycles. The Bertz CT molecular complexity index is 1640.